The highest BCUT2D eigenvalue weighted by molar-refractivity contribution is 7.81. The van der Waals surface area contributed by atoms with Gasteiger partial charge in [0.05, 0.1) is 10.7 Å². The minimum Gasteiger partial charge on any atom is -0.460 e. The Balaban J connectivity index is 2.05. The maximum atomic E-state index is 13.4. The van der Waals surface area contributed by atoms with Crippen LogP contribution in [0.5, 0.6) is 0 Å². The van der Waals surface area contributed by atoms with Crippen LogP contribution in [0.15, 0.2) is 36.4 Å². The van der Waals surface area contributed by atoms with Gasteiger partial charge in [0.1, 0.15) is 18.7 Å². The van der Waals surface area contributed by atoms with Crippen LogP contribution >= 0.6 is 12.6 Å². The number of hydrogen-bond donors (Lipinski definition) is 6. The normalized spacial score (nSPS) is 14.8. The lowest BCUT2D eigenvalue weighted by Crippen LogP contribution is -2.55. The molecule has 1 aliphatic rings. The smallest absolute Gasteiger partial charge is 0.312 e. The van der Waals surface area contributed by atoms with Crippen LogP contribution in [0, 0.1) is 11.3 Å². The van der Waals surface area contributed by atoms with Gasteiger partial charge in [-0.25, -0.2) is 4.79 Å². The summed E-state index contributed by atoms with van der Waals surface area (Å²) in [5.41, 5.74) is 5.63. The molecular weight excluding hydrogens is 616 g/mol. The van der Waals surface area contributed by atoms with Crippen LogP contribution in [0.3, 0.4) is 0 Å². The van der Waals surface area contributed by atoms with Crippen molar-refractivity contribution in [2.45, 2.75) is 77.8 Å². The number of anilines is 1. The average Bonchev–Trinajstić information content (AvgIpc) is 3.30. The number of amides is 7. The molecule has 14 nitrogen and oxygen atoms in total. The number of hydrogen-bond acceptors (Lipinski definition) is 9. The molecular formula is C31H44N6O8S. The van der Waals surface area contributed by atoms with Crippen molar-refractivity contribution in [3.8, 4) is 0 Å². The third-order valence-corrected chi connectivity index (χ3v) is 7.37. The standard InChI is InChI=1S/C31H44N6O8S/c1-18(2)25(36-27(41)22(46)14-16-37-23(38)12-13-24(37)39)28(42)35-21(7-6-15-33-30(32)44)26(40)34-20-10-8-19(9-11-20)17-45-29(43)31(3,4)5/h8-13,18,21-22,25,46H,6-7,14-17H2,1-5H3,(H,34,40)(H,35,42)(H,36,41)(H3,32,33,44)/t21-,22+,25-/m0/s1. The van der Waals surface area contributed by atoms with E-state index in [1.165, 1.54) is 0 Å². The first-order chi connectivity index (χ1) is 21.5. The van der Waals surface area contributed by atoms with Crippen LogP contribution in [0.1, 0.15) is 59.4 Å². The Bertz CT molecular complexity index is 1310. The van der Waals surface area contributed by atoms with Gasteiger partial charge in [-0.1, -0.05) is 26.0 Å². The van der Waals surface area contributed by atoms with Crippen LogP contribution in [0.25, 0.3) is 0 Å². The first kappa shape index (κ1) is 37.8. The summed E-state index contributed by atoms with van der Waals surface area (Å²) in [6.45, 7) is 8.92. The molecule has 0 fully saturated rings. The van der Waals surface area contributed by atoms with Gasteiger partial charge in [-0.05, 0) is 63.6 Å². The molecule has 2 rings (SSSR count). The van der Waals surface area contributed by atoms with E-state index in [4.69, 9.17) is 10.5 Å². The van der Waals surface area contributed by atoms with Crippen LogP contribution < -0.4 is 27.0 Å². The summed E-state index contributed by atoms with van der Waals surface area (Å²) in [6.07, 6.45) is 2.80. The van der Waals surface area contributed by atoms with Crippen LogP contribution in [-0.4, -0.2) is 76.9 Å². The van der Waals surface area contributed by atoms with Crippen molar-refractivity contribution in [3.63, 3.8) is 0 Å². The van der Waals surface area contributed by atoms with E-state index < -0.39 is 58.3 Å². The number of nitrogens with two attached hydrogens (primary N) is 1. The molecule has 6 N–H and O–H groups in total. The molecule has 252 valence electrons. The van der Waals surface area contributed by atoms with E-state index in [0.29, 0.717) is 17.7 Å². The van der Waals surface area contributed by atoms with Gasteiger partial charge in [0.2, 0.25) is 17.7 Å². The first-order valence-electron chi connectivity index (χ1n) is 14.9. The largest absolute Gasteiger partial charge is 0.460 e. The van der Waals surface area contributed by atoms with Crippen LogP contribution in [-0.2, 0) is 40.1 Å². The third kappa shape index (κ3) is 12.2. The zero-order valence-electron chi connectivity index (χ0n) is 26.8. The highest BCUT2D eigenvalue weighted by Gasteiger charge is 2.31. The molecule has 0 unspecified atom stereocenters. The van der Waals surface area contributed by atoms with Crippen molar-refractivity contribution in [2.75, 3.05) is 18.4 Å². The molecule has 0 radical (unpaired) electrons. The monoisotopic (exact) mass is 660 g/mol. The number of benzene rings is 1. The molecule has 0 saturated carbocycles. The molecule has 0 aromatic heterocycles. The van der Waals surface area contributed by atoms with E-state index in [2.05, 4.69) is 33.9 Å². The van der Waals surface area contributed by atoms with Gasteiger partial charge in [0.25, 0.3) is 11.8 Å². The summed E-state index contributed by atoms with van der Waals surface area (Å²) in [5.74, 6) is -3.40. The molecule has 1 aromatic rings. The number of nitrogens with zero attached hydrogens (tertiary/aromatic N) is 1. The molecule has 0 saturated heterocycles. The highest BCUT2D eigenvalue weighted by atomic mass is 32.1. The number of rotatable bonds is 16. The lowest BCUT2D eigenvalue weighted by atomic mass is 9.97. The molecule has 1 heterocycles. The maximum absolute atomic E-state index is 13.4. The Morgan fingerprint density at radius 2 is 1.52 bits per heavy atom. The summed E-state index contributed by atoms with van der Waals surface area (Å²) >= 11 is 4.30. The molecule has 1 aliphatic heterocycles. The van der Waals surface area contributed by atoms with Gasteiger partial charge in [0.15, 0.2) is 0 Å². The second kappa shape index (κ2) is 17.3. The Hall–Kier alpha value is -4.40. The number of thiol groups is 1. The van der Waals surface area contributed by atoms with E-state index in [1.807, 2.05) is 0 Å². The fourth-order valence-electron chi connectivity index (χ4n) is 4.15. The third-order valence-electron chi connectivity index (χ3n) is 6.88. The average molecular weight is 661 g/mol. The molecule has 3 atom stereocenters. The van der Waals surface area contributed by atoms with E-state index in [0.717, 1.165) is 17.1 Å². The van der Waals surface area contributed by atoms with Crippen molar-refractivity contribution in [1.82, 2.24) is 20.9 Å². The number of nitrogens with one attached hydrogen (secondary N) is 4. The summed E-state index contributed by atoms with van der Waals surface area (Å²) in [6, 6.07) is 3.86. The minimum absolute atomic E-state index is 0.0184. The number of carbonyl (C=O) groups is 7. The number of urea groups is 1. The highest BCUT2D eigenvalue weighted by Crippen LogP contribution is 2.18. The number of ether oxygens (including phenoxy) is 1. The maximum Gasteiger partial charge on any atom is 0.312 e. The predicted octanol–water partition coefficient (Wildman–Crippen LogP) is 1.40. The summed E-state index contributed by atoms with van der Waals surface area (Å²) in [5, 5.41) is 9.62. The lowest BCUT2D eigenvalue weighted by Gasteiger charge is -2.26. The minimum atomic E-state index is -1.04. The molecule has 0 aliphatic carbocycles. The quantitative estimate of drug-likeness (QED) is 0.0660. The fraction of sp³-hybridized carbons (Fsp3) is 0.516. The predicted molar refractivity (Wildman–Crippen MR) is 173 cm³/mol. The van der Waals surface area contributed by atoms with E-state index >= 15 is 0 Å². The van der Waals surface area contributed by atoms with E-state index in [1.54, 1.807) is 58.9 Å². The second-order valence-electron chi connectivity index (χ2n) is 12.2. The number of imide groups is 1. The zero-order valence-corrected chi connectivity index (χ0v) is 27.6. The van der Waals surface area contributed by atoms with Crippen molar-refractivity contribution < 1.29 is 38.3 Å². The van der Waals surface area contributed by atoms with Gasteiger partial charge in [-0.15, -0.1) is 0 Å². The Morgan fingerprint density at radius 1 is 0.913 bits per heavy atom. The molecule has 1 aromatic carbocycles. The SMILES string of the molecule is CC(C)[C@H](NC(=O)[C@H](S)CCN1C(=O)C=CC1=O)C(=O)N[C@@H](CCCNC(N)=O)C(=O)Nc1ccc(COC(=O)C(C)(C)C)cc1. The fourth-order valence-corrected chi connectivity index (χ4v) is 4.34. The van der Waals surface area contributed by atoms with E-state index in [-0.39, 0.29) is 44.4 Å². The van der Waals surface area contributed by atoms with Crippen molar-refractivity contribution in [1.29, 1.82) is 0 Å². The van der Waals surface area contributed by atoms with Gasteiger partial charge < -0.3 is 31.7 Å². The van der Waals surface area contributed by atoms with Crippen LogP contribution in [0.2, 0.25) is 0 Å². The number of carbonyl (C=O) groups excluding carboxylic acids is 7. The van der Waals surface area contributed by atoms with Gasteiger partial charge in [-0.3, -0.25) is 33.7 Å². The van der Waals surface area contributed by atoms with Crippen molar-refractivity contribution in [2.24, 2.45) is 17.1 Å². The van der Waals surface area contributed by atoms with E-state index in [9.17, 15) is 33.6 Å². The summed E-state index contributed by atoms with van der Waals surface area (Å²) in [7, 11) is 0. The number of esters is 1. The Labute approximate surface area is 274 Å². The molecule has 7 amide bonds. The van der Waals surface area contributed by atoms with Crippen molar-refractivity contribution in [3.05, 3.63) is 42.0 Å². The number of primary amides is 1. The summed E-state index contributed by atoms with van der Waals surface area (Å²) < 4.78 is 5.32. The summed E-state index contributed by atoms with van der Waals surface area (Å²) in [4.78, 5) is 87.3. The van der Waals surface area contributed by atoms with Crippen LogP contribution in [0.4, 0.5) is 10.5 Å². The zero-order chi connectivity index (χ0) is 34.6. The first-order valence-corrected chi connectivity index (χ1v) is 15.4. The van der Waals surface area contributed by atoms with Gasteiger partial charge in [-0.2, -0.15) is 12.6 Å². The Morgan fingerprint density at radius 3 is 2.07 bits per heavy atom. The molecule has 0 spiro atoms. The second-order valence-corrected chi connectivity index (χ2v) is 12.8. The lowest BCUT2D eigenvalue weighted by molar-refractivity contribution is -0.154. The topological polar surface area (TPSA) is 206 Å². The van der Waals surface area contributed by atoms with Gasteiger partial charge >= 0.3 is 12.0 Å². The molecule has 15 heteroatoms. The van der Waals surface area contributed by atoms with Crippen molar-refractivity contribution >= 4 is 59.9 Å². The van der Waals surface area contributed by atoms with Gasteiger partial charge in [0, 0.05) is 30.9 Å². The Kier molecular flexibility index (Phi) is 14.2. The molecule has 46 heavy (non-hydrogen) atoms. The molecule has 0 bridgehead atoms.